The zero-order valence-corrected chi connectivity index (χ0v) is 27.1. The molecule has 1 aromatic heterocycles. The maximum atomic E-state index is 13.1. The predicted octanol–water partition coefficient (Wildman–Crippen LogP) is 8.70. The lowest BCUT2D eigenvalue weighted by Gasteiger charge is -2.44. The van der Waals surface area contributed by atoms with Crippen molar-refractivity contribution < 1.29 is 9.29 Å². The van der Waals surface area contributed by atoms with E-state index in [1.807, 2.05) is 36.5 Å². The monoisotopic (exact) mass is 631 g/mol. The van der Waals surface area contributed by atoms with Crippen LogP contribution in [0, 0.1) is 5.41 Å². The van der Waals surface area contributed by atoms with Crippen molar-refractivity contribution in [1.29, 1.82) is 0 Å². The van der Waals surface area contributed by atoms with Gasteiger partial charge in [-0.1, -0.05) is 84.7 Å². The van der Waals surface area contributed by atoms with Gasteiger partial charge in [0, 0.05) is 35.4 Å². The second-order valence-corrected chi connectivity index (χ2v) is 15.4. The van der Waals surface area contributed by atoms with E-state index in [9.17, 15) is 4.55 Å². The van der Waals surface area contributed by atoms with Crippen molar-refractivity contribution in [3.05, 3.63) is 76.4 Å². The van der Waals surface area contributed by atoms with Crippen molar-refractivity contribution in [3.63, 3.8) is 0 Å². The van der Waals surface area contributed by atoms with Crippen LogP contribution in [-0.4, -0.2) is 33.4 Å². The molecule has 0 radical (unpaired) electrons. The normalized spacial score (nSPS) is 19.5. The first-order valence-electron chi connectivity index (χ1n) is 14.4. The second kappa shape index (κ2) is 13.4. The molecule has 220 valence electrons. The number of piperidine rings is 1. The third kappa shape index (κ3) is 7.14. The lowest BCUT2D eigenvalue weighted by Crippen LogP contribution is -2.53. The first kappa shape index (κ1) is 30.8. The van der Waals surface area contributed by atoms with Gasteiger partial charge in [0.1, 0.15) is 16.4 Å². The number of hydrogen-bond donors (Lipinski definition) is 1. The highest BCUT2D eigenvalue weighted by molar-refractivity contribution is 7.99. The largest absolute Gasteiger partial charge is 0.598 e. The number of ether oxygens (including phenoxy) is 1. The molecule has 2 heterocycles. The number of nitrogens with one attached hydrogen (secondary N) is 1. The van der Waals surface area contributed by atoms with E-state index in [-0.39, 0.29) is 10.2 Å². The Hall–Kier alpha value is -1.61. The molecular weight excluding hydrogens is 593 g/mol. The van der Waals surface area contributed by atoms with E-state index in [2.05, 4.69) is 48.6 Å². The van der Waals surface area contributed by atoms with E-state index in [0.717, 1.165) is 65.7 Å². The number of rotatable bonds is 10. The fourth-order valence-electron chi connectivity index (χ4n) is 5.73. The van der Waals surface area contributed by atoms with Crippen LogP contribution in [0.3, 0.4) is 0 Å². The quantitative estimate of drug-likeness (QED) is 0.226. The van der Waals surface area contributed by atoms with Crippen molar-refractivity contribution in [2.24, 2.45) is 5.41 Å². The molecular formula is C32H39Cl2N3O2S2. The molecule has 1 saturated heterocycles. The topological polar surface area (TPSA) is 60.5 Å². The van der Waals surface area contributed by atoms with Crippen LogP contribution in [0.5, 0.6) is 5.75 Å². The van der Waals surface area contributed by atoms with Crippen molar-refractivity contribution >= 4 is 52.0 Å². The maximum absolute atomic E-state index is 13.1. The Bertz CT molecular complexity index is 1320. The molecule has 1 spiro atoms. The van der Waals surface area contributed by atoms with Gasteiger partial charge in [-0.05, 0) is 69.1 Å². The highest BCUT2D eigenvalue weighted by Crippen LogP contribution is 2.48. The van der Waals surface area contributed by atoms with Gasteiger partial charge in [-0.2, -0.15) is 0 Å². The summed E-state index contributed by atoms with van der Waals surface area (Å²) in [6, 6.07) is 18.2. The van der Waals surface area contributed by atoms with Crippen LogP contribution in [-0.2, 0) is 18.0 Å². The summed E-state index contributed by atoms with van der Waals surface area (Å²) in [5.41, 5.74) is 2.36. The average Bonchev–Trinajstić information content (AvgIpc) is 3.36. The zero-order valence-electron chi connectivity index (χ0n) is 24.0. The minimum atomic E-state index is -1.05. The van der Waals surface area contributed by atoms with Crippen molar-refractivity contribution in [3.8, 4) is 5.75 Å². The van der Waals surface area contributed by atoms with Gasteiger partial charge < -0.3 is 14.2 Å². The number of anilines is 1. The smallest absolute Gasteiger partial charge is 0.154 e. The highest BCUT2D eigenvalue weighted by atomic mass is 35.5. The molecule has 41 heavy (non-hydrogen) atoms. The average molecular weight is 633 g/mol. The summed E-state index contributed by atoms with van der Waals surface area (Å²) in [6.07, 6.45) is 8.46. The number of benzene rings is 2. The van der Waals surface area contributed by atoms with Gasteiger partial charge in [-0.15, -0.1) is 4.72 Å². The fourth-order valence-corrected chi connectivity index (χ4v) is 8.29. The SMILES string of the molecule is CCC(C)(C)[S+]([O-])N[C@@H]1CCCC12CCN(c1cnc(Sc3cccc(Cl)c3Cl)c(OCc3ccccc3)c1)CC2. The molecule has 0 bridgehead atoms. The van der Waals surface area contributed by atoms with E-state index in [1.165, 1.54) is 24.6 Å². The molecule has 1 saturated carbocycles. The minimum absolute atomic E-state index is 0.204. The summed E-state index contributed by atoms with van der Waals surface area (Å²) in [5.74, 6) is 0.727. The standard InChI is InChI=1S/C32H39Cl2N3O2S2/c1-4-31(2,3)41(38)36-28-14-9-15-32(28)16-18-37(19-17-32)24-20-26(39-22-23-10-6-5-7-11-23)30(35-21-24)40-27-13-8-12-25(33)29(27)34/h5-8,10-13,20-21,28,36H,4,9,14-19,22H2,1-3H3/t28-,41?/m1/s1. The number of halogens is 2. The molecule has 2 fully saturated rings. The van der Waals surface area contributed by atoms with Gasteiger partial charge in [-0.25, -0.2) is 4.98 Å². The van der Waals surface area contributed by atoms with E-state index in [4.69, 9.17) is 32.9 Å². The Kier molecular flexibility index (Phi) is 10.0. The highest BCUT2D eigenvalue weighted by Gasteiger charge is 2.48. The summed E-state index contributed by atoms with van der Waals surface area (Å²) in [5, 5.41) is 1.79. The molecule has 1 aliphatic heterocycles. The minimum Gasteiger partial charge on any atom is -0.598 e. The van der Waals surface area contributed by atoms with Crippen LogP contribution >= 0.6 is 35.0 Å². The number of hydrogen-bond acceptors (Lipinski definition) is 6. The van der Waals surface area contributed by atoms with Gasteiger partial charge >= 0.3 is 0 Å². The van der Waals surface area contributed by atoms with E-state index in [0.29, 0.717) is 22.7 Å². The van der Waals surface area contributed by atoms with Gasteiger partial charge in [0.05, 0.1) is 28.0 Å². The molecule has 2 aromatic carbocycles. The second-order valence-electron chi connectivity index (χ2n) is 11.7. The van der Waals surface area contributed by atoms with E-state index in [1.54, 1.807) is 6.07 Å². The third-order valence-corrected chi connectivity index (χ3v) is 12.6. The Balaban J connectivity index is 1.32. The van der Waals surface area contributed by atoms with Crippen LogP contribution < -0.4 is 14.4 Å². The first-order chi connectivity index (χ1) is 19.7. The predicted molar refractivity (Wildman–Crippen MR) is 173 cm³/mol. The zero-order chi connectivity index (χ0) is 29.0. The van der Waals surface area contributed by atoms with Crippen LogP contribution in [0.25, 0.3) is 0 Å². The maximum Gasteiger partial charge on any atom is 0.154 e. The van der Waals surface area contributed by atoms with E-state index < -0.39 is 11.4 Å². The Morgan fingerprint density at radius 2 is 1.88 bits per heavy atom. The van der Waals surface area contributed by atoms with Crippen LogP contribution in [0.1, 0.15) is 64.9 Å². The fraction of sp³-hybridized carbons (Fsp3) is 0.469. The molecule has 5 nitrogen and oxygen atoms in total. The van der Waals surface area contributed by atoms with Gasteiger partial charge in [0.15, 0.2) is 5.75 Å². The van der Waals surface area contributed by atoms with Gasteiger partial charge in [0.2, 0.25) is 0 Å². The molecule has 9 heteroatoms. The van der Waals surface area contributed by atoms with E-state index >= 15 is 0 Å². The van der Waals surface area contributed by atoms with Gasteiger partial charge in [0.25, 0.3) is 0 Å². The van der Waals surface area contributed by atoms with Crippen molar-refractivity contribution in [2.45, 2.75) is 86.6 Å². The molecule has 0 amide bonds. The van der Waals surface area contributed by atoms with Crippen molar-refractivity contribution in [1.82, 2.24) is 9.71 Å². The molecule has 1 unspecified atom stereocenters. The molecule has 2 aliphatic rings. The van der Waals surface area contributed by atoms with Crippen LogP contribution in [0.2, 0.25) is 10.0 Å². The summed E-state index contributed by atoms with van der Waals surface area (Å²) in [4.78, 5) is 8.11. The lowest BCUT2D eigenvalue weighted by molar-refractivity contribution is 0.187. The number of aromatic nitrogens is 1. The first-order valence-corrected chi connectivity index (χ1v) is 17.1. The molecule has 3 aromatic rings. The van der Waals surface area contributed by atoms with Crippen LogP contribution in [0.15, 0.2) is 70.7 Å². The molecule has 2 atom stereocenters. The molecule has 5 rings (SSSR count). The van der Waals surface area contributed by atoms with Crippen LogP contribution in [0.4, 0.5) is 5.69 Å². The Labute approximate surface area is 262 Å². The lowest BCUT2D eigenvalue weighted by atomic mass is 9.74. The Morgan fingerprint density at radius 1 is 1.12 bits per heavy atom. The summed E-state index contributed by atoms with van der Waals surface area (Å²) < 4.78 is 22.8. The third-order valence-electron chi connectivity index (χ3n) is 8.80. The summed E-state index contributed by atoms with van der Waals surface area (Å²) in [6.45, 7) is 8.62. The van der Waals surface area contributed by atoms with Gasteiger partial charge in [-0.3, -0.25) is 0 Å². The summed E-state index contributed by atoms with van der Waals surface area (Å²) >= 11 is 13.2. The number of nitrogens with zero attached hydrogens (tertiary/aromatic N) is 2. The number of pyridine rings is 1. The van der Waals surface area contributed by atoms with Crippen molar-refractivity contribution in [2.75, 3.05) is 18.0 Å². The Morgan fingerprint density at radius 3 is 2.61 bits per heavy atom. The summed E-state index contributed by atoms with van der Waals surface area (Å²) in [7, 11) is 0. The molecule has 1 N–H and O–H groups in total. The molecule has 1 aliphatic carbocycles.